The molecule has 0 bridgehead atoms. The molecule has 2 aromatic heterocycles. The average Bonchev–Trinajstić information content (AvgIpc) is 3.39. The Balaban J connectivity index is 1.75. The van der Waals surface area contributed by atoms with Crippen molar-refractivity contribution in [3.8, 4) is 5.75 Å². The summed E-state index contributed by atoms with van der Waals surface area (Å²) >= 11 is 12.6. The fourth-order valence-corrected chi connectivity index (χ4v) is 4.65. The molecule has 1 saturated heterocycles. The van der Waals surface area contributed by atoms with E-state index in [0.29, 0.717) is 0 Å². The van der Waals surface area contributed by atoms with Crippen LogP contribution in [0.3, 0.4) is 0 Å². The summed E-state index contributed by atoms with van der Waals surface area (Å²) in [5.74, 6) is 0.862. The molecule has 28 heavy (non-hydrogen) atoms. The van der Waals surface area contributed by atoms with E-state index in [2.05, 4.69) is 21.4 Å². The first-order valence-corrected chi connectivity index (χ1v) is 10.2. The predicted molar refractivity (Wildman–Crippen MR) is 117 cm³/mol. The van der Waals surface area contributed by atoms with Gasteiger partial charge >= 0.3 is 0 Å². The average molecular weight is 410 g/mol. The zero-order valence-corrected chi connectivity index (χ0v) is 16.4. The van der Waals surface area contributed by atoms with Crippen LogP contribution in [0.1, 0.15) is 6.42 Å². The Hall–Kier alpha value is -2.40. The number of hydrogen-bond acceptors (Lipinski definition) is 2. The molecule has 1 aliphatic rings. The van der Waals surface area contributed by atoms with E-state index in [1.54, 1.807) is 0 Å². The Morgan fingerprint density at radius 1 is 0.786 bits per heavy atom. The minimum Gasteiger partial charge on any atom is -0.485 e. The minimum absolute atomic E-state index is 0.152. The quantitative estimate of drug-likeness (QED) is 0.334. The largest absolute Gasteiger partial charge is 0.485 e. The molecule has 0 saturated carbocycles. The Morgan fingerprint density at radius 3 is 1.93 bits per heavy atom. The van der Waals surface area contributed by atoms with Gasteiger partial charge in [0, 0.05) is 49.2 Å². The number of hydrogen-bond donors (Lipinski definition) is 3. The summed E-state index contributed by atoms with van der Waals surface area (Å²) in [6.07, 6.45) is 1.15. The van der Waals surface area contributed by atoms with E-state index in [-0.39, 0.29) is 6.10 Å². The molecule has 0 unspecified atom stereocenters. The number of H-pyrrole nitrogens is 2. The van der Waals surface area contributed by atoms with Gasteiger partial charge in [0.25, 0.3) is 0 Å². The number of fused-ring (bicyclic) bond motifs is 6. The molecule has 0 spiro atoms. The van der Waals surface area contributed by atoms with Crippen LogP contribution < -0.4 is 10.1 Å². The summed E-state index contributed by atoms with van der Waals surface area (Å²) in [7, 11) is 0. The molecule has 1 fully saturated rings. The van der Waals surface area contributed by atoms with Gasteiger partial charge in [0.05, 0.1) is 11.0 Å². The van der Waals surface area contributed by atoms with E-state index in [9.17, 15) is 0 Å². The third kappa shape index (κ3) is 2.42. The molecule has 140 valence electrons. The lowest BCUT2D eigenvalue weighted by Crippen LogP contribution is -2.19. The molecule has 6 heteroatoms. The number of aromatic amines is 2. The van der Waals surface area contributed by atoms with Gasteiger partial charge in [-0.25, -0.2) is 0 Å². The van der Waals surface area contributed by atoms with Crippen molar-refractivity contribution in [3.05, 3.63) is 52.5 Å². The number of nitrogens with one attached hydrogen (secondary N) is 3. The first kappa shape index (κ1) is 16.5. The summed E-state index contributed by atoms with van der Waals surface area (Å²) < 4.78 is 6.53. The Bertz CT molecular complexity index is 1280. The maximum absolute atomic E-state index is 6.53. The molecule has 3 N–H and O–H groups in total. The second-order valence-corrected chi connectivity index (χ2v) is 8.29. The van der Waals surface area contributed by atoms with Crippen molar-refractivity contribution in [2.75, 3.05) is 13.1 Å². The summed E-state index contributed by atoms with van der Waals surface area (Å²) in [6, 6.07) is 14.1. The van der Waals surface area contributed by atoms with Crippen molar-refractivity contribution in [2.24, 2.45) is 0 Å². The van der Waals surface area contributed by atoms with E-state index in [4.69, 9.17) is 27.9 Å². The second kappa shape index (κ2) is 6.05. The highest BCUT2D eigenvalue weighted by Gasteiger charge is 2.22. The normalized spacial score (nSPS) is 17.4. The van der Waals surface area contributed by atoms with Crippen LogP contribution in [-0.4, -0.2) is 29.2 Å². The van der Waals surface area contributed by atoms with Crippen molar-refractivity contribution in [2.45, 2.75) is 12.5 Å². The van der Waals surface area contributed by atoms with Crippen molar-refractivity contribution >= 4 is 66.8 Å². The molecule has 5 aromatic rings. The van der Waals surface area contributed by atoms with E-state index >= 15 is 0 Å². The fraction of sp³-hybridized carbons (Fsp3) is 0.182. The van der Waals surface area contributed by atoms with Gasteiger partial charge in [0.2, 0.25) is 0 Å². The highest BCUT2D eigenvalue weighted by molar-refractivity contribution is 6.33. The topological polar surface area (TPSA) is 52.8 Å². The lowest BCUT2D eigenvalue weighted by atomic mass is 10.1. The Kier molecular flexibility index (Phi) is 3.57. The lowest BCUT2D eigenvalue weighted by molar-refractivity contribution is 0.228. The van der Waals surface area contributed by atoms with Gasteiger partial charge in [-0.1, -0.05) is 23.2 Å². The molecule has 1 aliphatic heterocycles. The van der Waals surface area contributed by atoms with Crippen molar-refractivity contribution < 1.29 is 4.74 Å². The standard InChI is InChI=1S/C22H17Cl2N3O/c23-11-1-3-18-14(7-11)16-9-17-15-8-12(24)2-4-19(15)27-21(17)22(20(16)26-18)28-13-5-6-25-10-13/h1-4,7-9,13,25-27H,5-6,10H2/t13-/m1/s1. The Morgan fingerprint density at radius 2 is 1.39 bits per heavy atom. The molecule has 3 aromatic carbocycles. The SMILES string of the molecule is Clc1ccc2[nH]c3c(O[C@@H]4CCNC4)c4[nH]c5ccc(Cl)cc5c4cc3c2c1. The number of ether oxygens (including phenoxy) is 1. The van der Waals surface area contributed by atoms with E-state index in [0.717, 1.165) is 78.9 Å². The van der Waals surface area contributed by atoms with Crippen LogP contribution >= 0.6 is 23.2 Å². The van der Waals surface area contributed by atoms with Gasteiger partial charge in [0.1, 0.15) is 6.10 Å². The van der Waals surface area contributed by atoms with E-state index in [1.165, 1.54) is 0 Å². The number of halogens is 2. The monoisotopic (exact) mass is 409 g/mol. The fourth-order valence-electron chi connectivity index (χ4n) is 4.31. The lowest BCUT2D eigenvalue weighted by Gasteiger charge is -2.14. The van der Waals surface area contributed by atoms with Crippen LogP contribution in [0.15, 0.2) is 42.5 Å². The van der Waals surface area contributed by atoms with E-state index < -0.39 is 0 Å². The zero-order chi connectivity index (χ0) is 18.8. The molecule has 4 nitrogen and oxygen atoms in total. The summed E-state index contributed by atoms with van der Waals surface area (Å²) in [6.45, 7) is 1.84. The molecule has 0 radical (unpaired) electrons. The van der Waals surface area contributed by atoms with Gasteiger partial charge in [0.15, 0.2) is 5.75 Å². The molecule has 1 atom stereocenters. The maximum atomic E-state index is 6.53. The van der Waals surface area contributed by atoms with Crippen molar-refractivity contribution in [3.63, 3.8) is 0 Å². The maximum Gasteiger partial charge on any atom is 0.167 e. The highest BCUT2D eigenvalue weighted by Crippen LogP contribution is 2.42. The molecule has 6 rings (SSSR count). The Labute approximate surface area is 170 Å². The van der Waals surface area contributed by atoms with Gasteiger partial charge < -0.3 is 20.0 Å². The second-order valence-electron chi connectivity index (χ2n) is 7.41. The third-order valence-corrected chi connectivity index (χ3v) is 6.11. The predicted octanol–water partition coefficient (Wildman–Crippen LogP) is 6.00. The number of rotatable bonds is 2. The first-order chi connectivity index (χ1) is 13.7. The van der Waals surface area contributed by atoms with Crippen LogP contribution in [0.25, 0.3) is 43.6 Å². The van der Waals surface area contributed by atoms with Crippen LogP contribution in [0.2, 0.25) is 10.0 Å². The van der Waals surface area contributed by atoms with Gasteiger partial charge in [-0.3, -0.25) is 0 Å². The summed E-state index contributed by atoms with van der Waals surface area (Å²) in [4.78, 5) is 7.09. The minimum atomic E-state index is 0.152. The number of aromatic nitrogens is 2. The van der Waals surface area contributed by atoms with Gasteiger partial charge in [-0.05, 0) is 55.4 Å². The van der Waals surface area contributed by atoms with Gasteiger partial charge in [-0.15, -0.1) is 0 Å². The third-order valence-electron chi connectivity index (χ3n) is 5.64. The zero-order valence-electron chi connectivity index (χ0n) is 14.9. The van der Waals surface area contributed by atoms with Crippen LogP contribution in [0.4, 0.5) is 0 Å². The first-order valence-electron chi connectivity index (χ1n) is 9.39. The van der Waals surface area contributed by atoms with E-state index in [1.807, 2.05) is 36.4 Å². The van der Waals surface area contributed by atoms with Crippen LogP contribution in [-0.2, 0) is 0 Å². The van der Waals surface area contributed by atoms with Crippen molar-refractivity contribution in [1.29, 1.82) is 0 Å². The molecule has 0 aliphatic carbocycles. The smallest absolute Gasteiger partial charge is 0.167 e. The van der Waals surface area contributed by atoms with Crippen LogP contribution in [0, 0.1) is 0 Å². The molecular weight excluding hydrogens is 393 g/mol. The van der Waals surface area contributed by atoms with Crippen LogP contribution in [0.5, 0.6) is 5.75 Å². The highest BCUT2D eigenvalue weighted by atomic mass is 35.5. The number of benzene rings is 3. The molecular formula is C22H17Cl2N3O. The molecule has 3 heterocycles. The summed E-state index contributed by atoms with van der Waals surface area (Å²) in [5.41, 5.74) is 4.08. The van der Waals surface area contributed by atoms with Crippen molar-refractivity contribution in [1.82, 2.24) is 15.3 Å². The van der Waals surface area contributed by atoms with Gasteiger partial charge in [-0.2, -0.15) is 0 Å². The molecule has 0 amide bonds. The summed E-state index contributed by atoms with van der Waals surface area (Å²) in [5, 5.41) is 9.21.